The number of hydrogen-bond donors (Lipinski definition) is 0. The van der Waals surface area contributed by atoms with Crippen LogP contribution in [-0.4, -0.2) is 62.4 Å². The lowest BCUT2D eigenvalue weighted by atomic mass is 10.3. The van der Waals surface area contributed by atoms with Gasteiger partial charge in [0.2, 0.25) is 5.91 Å². The average Bonchev–Trinajstić information content (AvgIpc) is 3.25. The summed E-state index contributed by atoms with van der Waals surface area (Å²) in [7, 11) is -3.53. The van der Waals surface area contributed by atoms with Gasteiger partial charge in [0, 0.05) is 24.4 Å². The largest absolute Gasteiger partial charge is 0.302 e. The van der Waals surface area contributed by atoms with Crippen LogP contribution >= 0.6 is 35.5 Å². The van der Waals surface area contributed by atoms with E-state index >= 15 is 0 Å². The van der Waals surface area contributed by atoms with E-state index in [0.29, 0.717) is 18.2 Å². The second kappa shape index (κ2) is 12.7. The van der Waals surface area contributed by atoms with E-state index in [0.717, 1.165) is 28.2 Å². The van der Waals surface area contributed by atoms with Gasteiger partial charge in [-0.2, -0.15) is 0 Å². The molecule has 0 atom stereocenters. The SMILES string of the molecule is CCN(CC)CCN(C(=O)CCS(=O)(=O)c1ccccc1)c1nc2c(SC)cccc2s1.Cl. The number of thioether (sulfide) groups is 1. The number of halogens is 1. The van der Waals surface area contributed by atoms with E-state index in [1.807, 2.05) is 24.5 Å². The van der Waals surface area contributed by atoms with Crippen molar-refractivity contribution in [2.45, 2.75) is 30.1 Å². The minimum absolute atomic E-state index is 0. The summed E-state index contributed by atoms with van der Waals surface area (Å²) in [6, 6.07) is 14.3. The number of anilines is 1. The van der Waals surface area contributed by atoms with Crippen LogP contribution in [0.4, 0.5) is 5.13 Å². The second-order valence-electron chi connectivity index (χ2n) is 7.26. The van der Waals surface area contributed by atoms with Gasteiger partial charge in [-0.05, 0) is 43.6 Å². The molecule has 6 nitrogen and oxygen atoms in total. The molecular weight excluding hydrogens is 498 g/mol. The number of rotatable bonds is 11. The number of nitrogens with zero attached hydrogens (tertiary/aromatic N) is 3. The number of carbonyl (C=O) groups excluding carboxylic acids is 1. The molecule has 1 aromatic heterocycles. The lowest BCUT2D eigenvalue weighted by Crippen LogP contribution is -2.39. The number of likely N-dealkylation sites (N-methyl/N-ethyl adjacent to an activating group) is 1. The molecule has 0 bridgehead atoms. The highest BCUT2D eigenvalue weighted by Gasteiger charge is 2.24. The maximum absolute atomic E-state index is 13.2. The van der Waals surface area contributed by atoms with E-state index < -0.39 is 9.84 Å². The molecule has 2 aromatic carbocycles. The summed E-state index contributed by atoms with van der Waals surface area (Å²) in [5.41, 5.74) is 0.887. The number of sulfone groups is 1. The topological polar surface area (TPSA) is 70.6 Å². The molecule has 0 saturated carbocycles. The van der Waals surface area contributed by atoms with Crippen molar-refractivity contribution in [3.63, 3.8) is 0 Å². The number of thiazole rings is 1. The quantitative estimate of drug-likeness (QED) is 0.327. The van der Waals surface area contributed by atoms with E-state index in [2.05, 4.69) is 18.7 Å². The summed E-state index contributed by atoms with van der Waals surface area (Å²) >= 11 is 3.09. The lowest BCUT2D eigenvalue weighted by molar-refractivity contribution is -0.118. The summed E-state index contributed by atoms with van der Waals surface area (Å²) in [6.07, 6.45) is 1.92. The molecule has 1 heterocycles. The summed E-state index contributed by atoms with van der Waals surface area (Å²) < 4.78 is 26.4. The van der Waals surface area contributed by atoms with E-state index in [-0.39, 0.29) is 35.4 Å². The van der Waals surface area contributed by atoms with Gasteiger partial charge in [0.05, 0.1) is 20.9 Å². The highest BCUT2D eigenvalue weighted by atomic mass is 35.5. The van der Waals surface area contributed by atoms with Crippen molar-refractivity contribution >= 4 is 66.6 Å². The first-order valence-electron chi connectivity index (χ1n) is 10.6. The first-order valence-corrected chi connectivity index (χ1v) is 14.3. The minimum atomic E-state index is -3.53. The maximum atomic E-state index is 13.2. The Hall–Kier alpha value is -1.65. The van der Waals surface area contributed by atoms with E-state index in [1.54, 1.807) is 47.0 Å². The zero-order valence-corrected chi connectivity index (χ0v) is 22.3. The maximum Gasteiger partial charge on any atom is 0.229 e. The molecule has 0 unspecified atom stereocenters. The summed E-state index contributed by atoms with van der Waals surface area (Å²) in [4.78, 5) is 23.2. The van der Waals surface area contributed by atoms with E-state index in [1.165, 1.54) is 11.3 Å². The molecule has 0 aliphatic rings. The molecule has 0 aliphatic heterocycles. The van der Waals surface area contributed by atoms with Crippen molar-refractivity contribution in [3.8, 4) is 0 Å². The van der Waals surface area contributed by atoms with Crippen LogP contribution in [0.2, 0.25) is 0 Å². The van der Waals surface area contributed by atoms with Gasteiger partial charge in [-0.3, -0.25) is 9.69 Å². The minimum Gasteiger partial charge on any atom is -0.302 e. The Morgan fingerprint density at radius 1 is 1.03 bits per heavy atom. The van der Waals surface area contributed by atoms with Crippen molar-refractivity contribution < 1.29 is 13.2 Å². The average molecular weight is 528 g/mol. The van der Waals surface area contributed by atoms with Crippen LogP contribution in [0.1, 0.15) is 20.3 Å². The van der Waals surface area contributed by atoms with E-state index in [4.69, 9.17) is 4.98 Å². The monoisotopic (exact) mass is 527 g/mol. The summed E-state index contributed by atoms with van der Waals surface area (Å²) in [6.45, 7) is 7.12. The Bertz CT molecular complexity index is 1150. The number of aromatic nitrogens is 1. The van der Waals surface area contributed by atoms with Gasteiger partial charge in [-0.25, -0.2) is 13.4 Å². The molecule has 0 saturated heterocycles. The van der Waals surface area contributed by atoms with Crippen molar-refractivity contribution in [1.82, 2.24) is 9.88 Å². The van der Waals surface area contributed by atoms with Crippen LogP contribution < -0.4 is 4.90 Å². The van der Waals surface area contributed by atoms with Gasteiger partial charge in [-0.1, -0.05) is 49.4 Å². The Labute approximate surface area is 210 Å². The van der Waals surface area contributed by atoms with Crippen LogP contribution in [-0.2, 0) is 14.6 Å². The first kappa shape index (κ1) is 27.6. The fourth-order valence-electron chi connectivity index (χ4n) is 3.40. The first-order chi connectivity index (χ1) is 15.4. The van der Waals surface area contributed by atoms with Gasteiger partial charge in [-0.15, -0.1) is 24.2 Å². The third-order valence-corrected chi connectivity index (χ3v) is 8.89. The Kier molecular flexibility index (Phi) is 10.6. The third kappa shape index (κ3) is 6.93. The van der Waals surface area contributed by atoms with Gasteiger partial charge in [0.1, 0.15) is 0 Å². The standard InChI is InChI=1S/C23H29N3O3S3.ClH/c1-4-25(5-2)15-16-26(23-24-22-19(30-3)12-9-13-20(22)31-23)21(27)14-17-32(28,29)18-10-7-6-8-11-18;/h6-13H,4-5,14-17H2,1-3H3;1H. The predicted molar refractivity (Wildman–Crippen MR) is 142 cm³/mol. The van der Waals surface area contributed by atoms with E-state index in [9.17, 15) is 13.2 Å². The van der Waals surface area contributed by atoms with Gasteiger partial charge in [0.15, 0.2) is 15.0 Å². The van der Waals surface area contributed by atoms with Crippen LogP contribution in [0.15, 0.2) is 58.3 Å². The number of para-hydroxylation sites is 1. The number of hydrogen-bond acceptors (Lipinski definition) is 7. The fourth-order valence-corrected chi connectivity index (χ4v) is 6.32. The van der Waals surface area contributed by atoms with Crippen LogP contribution in [0.5, 0.6) is 0 Å². The molecule has 3 aromatic rings. The Balaban J connectivity index is 0.00000385. The highest BCUT2D eigenvalue weighted by Crippen LogP contribution is 2.34. The lowest BCUT2D eigenvalue weighted by Gasteiger charge is -2.24. The Morgan fingerprint density at radius 3 is 2.36 bits per heavy atom. The van der Waals surface area contributed by atoms with Gasteiger partial charge >= 0.3 is 0 Å². The van der Waals surface area contributed by atoms with Crippen LogP contribution in [0, 0.1) is 0 Å². The van der Waals surface area contributed by atoms with Gasteiger partial charge < -0.3 is 4.90 Å². The van der Waals surface area contributed by atoms with Gasteiger partial charge in [0.25, 0.3) is 0 Å². The number of fused-ring (bicyclic) bond motifs is 1. The summed E-state index contributed by atoms with van der Waals surface area (Å²) in [5.74, 6) is -0.445. The molecular formula is C23H30ClN3O3S3. The number of carbonyl (C=O) groups is 1. The van der Waals surface area contributed by atoms with Crippen molar-refractivity contribution in [1.29, 1.82) is 0 Å². The molecule has 1 amide bonds. The van der Waals surface area contributed by atoms with Crippen molar-refractivity contribution in [3.05, 3.63) is 48.5 Å². The molecule has 0 aliphatic carbocycles. The Morgan fingerprint density at radius 2 is 1.73 bits per heavy atom. The molecule has 0 fully saturated rings. The zero-order chi connectivity index (χ0) is 23.1. The fraction of sp³-hybridized carbons (Fsp3) is 0.391. The smallest absolute Gasteiger partial charge is 0.229 e. The zero-order valence-electron chi connectivity index (χ0n) is 19.1. The number of amides is 1. The highest BCUT2D eigenvalue weighted by molar-refractivity contribution is 7.98. The molecule has 10 heteroatoms. The summed E-state index contributed by atoms with van der Waals surface area (Å²) in [5, 5.41) is 0.621. The van der Waals surface area contributed by atoms with Crippen LogP contribution in [0.25, 0.3) is 10.2 Å². The molecule has 33 heavy (non-hydrogen) atoms. The van der Waals surface area contributed by atoms with Crippen molar-refractivity contribution in [2.75, 3.05) is 43.1 Å². The molecule has 0 radical (unpaired) electrons. The third-order valence-electron chi connectivity index (χ3n) is 5.34. The molecule has 0 N–H and O–H groups in total. The predicted octanol–water partition coefficient (Wildman–Crippen LogP) is 4.98. The molecule has 0 spiro atoms. The normalized spacial score (nSPS) is 11.5. The molecule has 3 rings (SSSR count). The second-order valence-corrected chi connectivity index (χ2v) is 11.2. The van der Waals surface area contributed by atoms with Crippen molar-refractivity contribution in [2.24, 2.45) is 0 Å². The number of benzene rings is 2. The van der Waals surface area contributed by atoms with Crippen LogP contribution in [0.3, 0.4) is 0 Å². The molecule has 180 valence electrons.